The number of benzene rings is 3. The molecular weight excluding hydrogens is 441 g/mol. The van der Waals surface area contributed by atoms with Gasteiger partial charge in [0.25, 0.3) is 6.43 Å². The van der Waals surface area contributed by atoms with Gasteiger partial charge in [-0.15, -0.1) is 0 Å². The Morgan fingerprint density at radius 1 is 1.12 bits per heavy atom. The van der Waals surface area contributed by atoms with E-state index in [0.29, 0.717) is 6.54 Å². The highest BCUT2D eigenvalue weighted by atomic mass is 19.3. The van der Waals surface area contributed by atoms with Gasteiger partial charge in [-0.3, -0.25) is 4.79 Å². The first-order valence-electron chi connectivity index (χ1n) is 11.0. The van der Waals surface area contributed by atoms with Gasteiger partial charge >= 0.3 is 0 Å². The summed E-state index contributed by atoms with van der Waals surface area (Å²) in [6.07, 6.45) is 0.924. The molecule has 7 heteroatoms. The zero-order chi connectivity index (χ0) is 24.3. The molecule has 1 amide bonds. The molecule has 34 heavy (non-hydrogen) atoms. The van der Waals surface area contributed by atoms with Gasteiger partial charge in [0.05, 0.1) is 12.1 Å². The predicted molar refractivity (Wildman–Crippen MR) is 127 cm³/mol. The van der Waals surface area contributed by atoms with Gasteiger partial charge < -0.3 is 15.3 Å². The van der Waals surface area contributed by atoms with Crippen LogP contribution in [0, 0.1) is 5.82 Å². The lowest BCUT2D eigenvalue weighted by atomic mass is 9.76. The maximum atomic E-state index is 13.6. The van der Waals surface area contributed by atoms with Gasteiger partial charge in [-0.25, -0.2) is 13.2 Å². The van der Waals surface area contributed by atoms with Crippen LogP contribution in [-0.4, -0.2) is 30.5 Å². The maximum Gasteiger partial charge on any atom is 0.255 e. The quantitative estimate of drug-likeness (QED) is 0.488. The number of nitrogens with one attached hydrogen (secondary N) is 1. The van der Waals surface area contributed by atoms with E-state index in [-0.39, 0.29) is 11.6 Å². The fourth-order valence-electron chi connectivity index (χ4n) is 4.51. The lowest BCUT2D eigenvalue weighted by molar-refractivity contribution is -0.117. The summed E-state index contributed by atoms with van der Waals surface area (Å²) in [6, 6.07) is 19.4. The van der Waals surface area contributed by atoms with Gasteiger partial charge in [0.1, 0.15) is 11.6 Å². The van der Waals surface area contributed by atoms with Crippen LogP contribution in [0.5, 0.6) is 5.75 Å². The number of carbonyl (C=O) groups is 1. The number of nitrogens with zero attached hydrogens (tertiary/aromatic N) is 1. The molecule has 0 aliphatic carbocycles. The van der Waals surface area contributed by atoms with Crippen LogP contribution in [-0.2, 0) is 16.8 Å². The summed E-state index contributed by atoms with van der Waals surface area (Å²) in [5.74, 6) is -0.678. The Labute approximate surface area is 196 Å². The number of phenolic OH excluding ortho intramolecular Hbond substituents is 1. The summed E-state index contributed by atoms with van der Waals surface area (Å²) in [6.45, 7) is 2.08. The standard InChI is InChI=1S/C27H25F3N2O2/c1-27(20-5-2-18(3-6-20)4-13-26(34)31-17-25(29)30)24-12-11-23(33)16-19(24)14-15-32(27)22-9-7-21(28)8-10-22/h2-13,16,25,33H,14-15,17H2,1H3,(H,31,34)/b13-4+. The Balaban J connectivity index is 1.68. The third-order valence-corrected chi connectivity index (χ3v) is 6.23. The number of carbonyl (C=O) groups excluding carboxylic acids is 1. The summed E-state index contributed by atoms with van der Waals surface area (Å²) in [4.78, 5) is 13.9. The molecule has 2 N–H and O–H groups in total. The summed E-state index contributed by atoms with van der Waals surface area (Å²) in [5, 5.41) is 12.1. The average molecular weight is 467 g/mol. The molecule has 4 nitrogen and oxygen atoms in total. The minimum absolute atomic E-state index is 0.210. The number of rotatable bonds is 6. The zero-order valence-electron chi connectivity index (χ0n) is 18.6. The minimum Gasteiger partial charge on any atom is -0.508 e. The number of amides is 1. The molecule has 0 saturated carbocycles. The maximum absolute atomic E-state index is 13.6. The molecule has 0 bridgehead atoms. The Morgan fingerprint density at radius 3 is 2.50 bits per heavy atom. The van der Waals surface area contributed by atoms with Crippen molar-refractivity contribution < 1.29 is 23.1 Å². The van der Waals surface area contributed by atoms with Gasteiger partial charge in [-0.05, 0) is 78.1 Å². The second-order valence-corrected chi connectivity index (χ2v) is 8.38. The third-order valence-electron chi connectivity index (χ3n) is 6.23. The first kappa shape index (κ1) is 23.4. The topological polar surface area (TPSA) is 52.6 Å². The predicted octanol–water partition coefficient (Wildman–Crippen LogP) is 5.25. The lowest BCUT2D eigenvalue weighted by Crippen LogP contribution is -2.49. The molecular formula is C27H25F3N2O2. The number of aromatic hydroxyl groups is 1. The van der Waals surface area contributed by atoms with E-state index in [1.807, 2.05) is 30.3 Å². The van der Waals surface area contributed by atoms with Gasteiger partial charge in [-0.1, -0.05) is 30.3 Å². The Hall–Kier alpha value is -3.74. The molecule has 1 atom stereocenters. The van der Waals surface area contributed by atoms with Gasteiger partial charge in [0, 0.05) is 18.3 Å². The molecule has 0 radical (unpaired) electrons. The van der Waals surface area contributed by atoms with E-state index >= 15 is 0 Å². The molecule has 3 aromatic rings. The summed E-state index contributed by atoms with van der Waals surface area (Å²) >= 11 is 0. The van der Waals surface area contributed by atoms with E-state index in [1.165, 1.54) is 18.2 Å². The Kier molecular flexibility index (Phi) is 6.63. The van der Waals surface area contributed by atoms with Crippen molar-refractivity contribution in [2.45, 2.75) is 25.3 Å². The SMILES string of the molecule is CC1(c2ccc(/C=C/C(=O)NCC(F)F)cc2)c2ccc(O)cc2CCN1c1ccc(F)cc1. The number of hydrogen-bond donors (Lipinski definition) is 2. The normalized spacial score (nSPS) is 17.7. The van der Waals surface area contributed by atoms with Crippen LogP contribution in [0.4, 0.5) is 18.9 Å². The van der Waals surface area contributed by atoms with E-state index in [0.717, 1.165) is 34.4 Å². The molecule has 1 aliphatic rings. The summed E-state index contributed by atoms with van der Waals surface area (Å²) < 4.78 is 38.1. The van der Waals surface area contributed by atoms with Crippen LogP contribution in [0.15, 0.2) is 72.8 Å². The Bertz CT molecular complexity index is 1190. The van der Waals surface area contributed by atoms with Crippen molar-refractivity contribution in [3.8, 4) is 5.75 Å². The van der Waals surface area contributed by atoms with E-state index < -0.39 is 24.4 Å². The first-order chi connectivity index (χ1) is 16.3. The lowest BCUT2D eigenvalue weighted by Gasteiger charge is -2.48. The van der Waals surface area contributed by atoms with Crippen molar-refractivity contribution in [2.75, 3.05) is 18.0 Å². The fourth-order valence-corrected chi connectivity index (χ4v) is 4.51. The van der Waals surface area contributed by atoms with Crippen molar-refractivity contribution in [1.82, 2.24) is 5.32 Å². The molecule has 0 fully saturated rings. The van der Waals surface area contributed by atoms with E-state index in [4.69, 9.17) is 0 Å². The van der Waals surface area contributed by atoms with Crippen molar-refractivity contribution in [2.24, 2.45) is 0 Å². The van der Waals surface area contributed by atoms with E-state index in [2.05, 4.69) is 17.1 Å². The molecule has 176 valence electrons. The van der Waals surface area contributed by atoms with Gasteiger partial charge in [0.2, 0.25) is 5.91 Å². The highest BCUT2D eigenvalue weighted by Crippen LogP contribution is 2.44. The van der Waals surface area contributed by atoms with Gasteiger partial charge in [-0.2, -0.15) is 0 Å². The third kappa shape index (κ3) is 4.78. The van der Waals surface area contributed by atoms with Crippen molar-refractivity contribution in [3.05, 3.63) is 101 Å². The number of hydrogen-bond acceptors (Lipinski definition) is 3. The largest absolute Gasteiger partial charge is 0.508 e. The summed E-state index contributed by atoms with van der Waals surface area (Å²) in [5.41, 5.74) is 4.08. The van der Waals surface area contributed by atoms with Gasteiger partial charge in [0.15, 0.2) is 0 Å². The highest BCUT2D eigenvalue weighted by Gasteiger charge is 2.40. The summed E-state index contributed by atoms with van der Waals surface area (Å²) in [7, 11) is 0. The Morgan fingerprint density at radius 2 is 1.82 bits per heavy atom. The van der Waals surface area contributed by atoms with E-state index in [9.17, 15) is 23.1 Å². The molecule has 3 aromatic carbocycles. The molecule has 4 rings (SSSR count). The number of fused-ring (bicyclic) bond motifs is 1. The number of alkyl halides is 2. The molecule has 0 spiro atoms. The number of phenols is 1. The average Bonchev–Trinajstić information content (AvgIpc) is 2.82. The first-order valence-corrected chi connectivity index (χ1v) is 11.0. The van der Waals surface area contributed by atoms with Crippen molar-refractivity contribution >= 4 is 17.7 Å². The van der Waals surface area contributed by atoms with Crippen LogP contribution in [0.1, 0.15) is 29.2 Å². The fraction of sp³-hybridized carbons (Fsp3) is 0.222. The van der Waals surface area contributed by atoms with Crippen LogP contribution in [0.25, 0.3) is 6.08 Å². The molecule has 1 aliphatic heterocycles. The van der Waals surface area contributed by atoms with Crippen LogP contribution in [0.3, 0.4) is 0 Å². The molecule has 1 unspecified atom stereocenters. The van der Waals surface area contributed by atoms with Crippen LogP contribution >= 0.6 is 0 Å². The monoisotopic (exact) mass is 466 g/mol. The minimum atomic E-state index is -2.60. The van der Waals surface area contributed by atoms with Crippen molar-refractivity contribution in [1.29, 1.82) is 0 Å². The van der Waals surface area contributed by atoms with E-state index in [1.54, 1.807) is 30.3 Å². The molecule has 0 aromatic heterocycles. The number of halogens is 3. The van der Waals surface area contributed by atoms with Crippen LogP contribution < -0.4 is 10.2 Å². The zero-order valence-corrected chi connectivity index (χ0v) is 18.6. The second-order valence-electron chi connectivity index (χ2n) is 8.38. The second kappa shape index (κ2) is 9.63. The van der Waals surface area contributed by atoms with Crippen LogP contribution in [0.2, 0.25) is 0 Å². The number of anilines is 1. The van der Waals surface area contributed by atoms with Crippen molar-refractivity contribution in [3.63, 3.8) is 0 Å². The molecule has 0 saturated heterocycles. The smallest absolute Gasteiger partial charge is 0.255 e. The molecule has 1 heterocycles. The highest BCUT2D eigenvalue weighted by molar-refractivity contribution is 5.91.